The number of rotatable bonds is 9. The summed E-state index contributed by atoms with van der Waals surface area (Å²) in [6.45, 7) is 9.00. The summed E-state index contributed by atoms with van der Waals surface area (Å²) in [6.07, 6.45) is 13.0. The Hall–Kier alpha value is -1.94. The van der Waals surface area contributed by atoms with Gasteiger partial charge in [-0.3, -0.25) is 0 Å². The zero-order chi connectivity index (χ0) is 22.1. The van der Waals surface area contributed by atoms with Gasteiger partial charge in [-0.1, -0.05) is 45.0 Å². The van der Waals surface area contributed by atoms with E-state index in [1.165, 1.54) is 49.7 Å². The minimum atomic E-state index is 0.579. The Morgan fingerprint density at radius 1 is 0.968 bits per heavy atom. The predicted molar refractivity (Wildman–Crippen MR) is 129 cm³/mol. The number of aromatic nitrogens is 2. The van der Waals surface area contributed by atoms with E-state index in [4.69, 9.17) is 4.74 Å². The molecule has 4 heteroatoms. The van der Waals surface area contributed by atoms with Gasteiger partial charge in [0.25, 0.3) is 0 Å². The van der Waals surface area contributed by atoms with Crippen LogP contribution in [0.4, 0.5) is 5.95 Å². The van der Waals surface area contributed by atoms with Crippen molar-refractivity contribution >= 4 is 5.95 Å². The molecular formula is C27H41N3O. The number of hydrogen-bond acceptors (Lipinski definition) is 4. The quantitative estimate of drug-likeness (QED) is 0.489. The van der Waals surface area contributed by atoms with Crippen LogP contribution in [0.25, 0.3) is 0 Å². The Morgan fingerprint density at radius 2 is 1.61 bits per heavy atom. The molecule has 2 unspecified atom stereocenters. The monoisotopic (exact) mass is 423 g/mol. The fraction of sp³-hybridized carbons (Fsp3) is 0.630. The number of piperidine rings is 1. The summed E-state index contributed by atoms with van der Waals surface area (Å²) < 4.78 is 5.14. The SMILES string of the molecule is CC.CCc1ccc(CCCC2CC2C2CCN(c3ncc(COC)cn3)CC2)cc1. The molecule has 2 aromatic rings. The van der Waals surface area contributed by atoms with Gasteiger partial charge in [-0.25, -0.2) is 9.97 Å². The van der Waals surface area contributed by atoms with Gasteiger partial charge in [0, 0.05) is 38.2 Å². The van der Waals surface area contributed by atoms with Crippen molar-refractivity contribution in [3.63, 3.8) is 0 Å². The molecule has 1 aliphatic heterocycles. The molecule has 170 valence electrons. The highest BCUT2D eigenvalue weighted by atomic mass is 16.5. The summed E-state index contributed by atoms with van der Waals surface area (Å²) in [5.41, 5.74) is 3.98. The van der Waals surface area contributed by atoms with Crippen molar-refractivity contribution < 1.29 is 4.74 Å². The Morgan fingerprint density at radius 3 is 2.23 bits per heavy atom. The van der Waals surface area contributed by atoms with Crippen LogP contribution in [-0.2, 0) is 24.2 Å². The molecule has 4 rings (SSSR count). The summed E-state index contributed by atoms with van der Waals surface area (Å²) in [7, 11) is 1.70. The summed E-state index contributed by atoms with van der Waals surface area (Å²) in [4.78, 5) is 11.4. The summed E-state index contributed by atoms with van der Waals surface area (Å²) in [6, 6.07) is 9.22. The topological polar surface area (TPSA) is 38.2 Å². The van der Waals surface area contributed by atoms with Gasteiger partial charge in [0.05, 0.1) is 6.61 Å². The Kier molecular flexibility index (Phi) is 9.32. The van der Waals surface area contributed by atoms with E-state index < -0.39 is 0 Å². The molecule has 0 radical (unpaired) electrons. The first-order chi connectivity index (χ1) is 15.3. The second kappa shape index (κ2) is 12.2. The van der Waals surface area contributed by atoms with Crippen LogP contribution in [0, 0.1) is 17.8 Å². The molecule has 2 atom stereocenters. The largest absolute Gasteiger partial charge is 0.380 e. The fourth-order valence-corrected chi connectivity index (χ4v) is 4.97. The molecule has 4 nitrogen and oxygen atoms in total. The lowest BCUT2D eigenvalue weighted by molar-refractivity contribution is 0.184. The smallest absolute Gasteiger partial charge is 0.225 e. The van der Waals surface area contributed by atoms with E-state index in [1.54, 1.807) is 7.11 Å². The zero-order valence-electron chi connectivity index (χ0n) is 20.0. The van der Waals surface area contributed by atoms with Gasteiger partial charge in [-0.2, -0.15) is 0 Å². The van der Waals surface area contributed by atoms with E-state index >= 15 is 0 Å². The number of nitrogens with zero attached hydrogens (tertiary/aromatic N) is 3. The molecule has 2 heterocycles. The van der Waals surface area contributed by atoms with Crippen molar-refractivity contribution in [1.29, 1.82) is 0 Å². The van der Waals surface area contributed by atoms with Crippen LogP contribution in [0.5, 0.6) is 0 Å². The van der Waals surface area contributed by atoms with E-state index in [-0.39, 0.29) is 0 Å². The predicted octanol–water partition coefficient (Wildman–Crippen LogP) is 6.09. The number of benzene rings is 1. The highest BCUT2D eigenvalue weighted by molar-refractivity contribution is 5.30. The average Bonchev–Trinajstić information content (AvgIpc) is 3.61. The van der Waals surface area contributed by atoms with Gasteiger partial charge in [-0.05, 0) is 73.8 Å². The van der Waals surface area contributed by atoms with Gasteiger partial charge in [0.1, 0.15) is 0 Å². The molecule has 1 aliphatic carbocycles. The lowest BCUT2D eigenvalue weighted by Crippen LogP contribution is -2.35. The highest BCUT2D eigenvalue weighted by Crippen LogP contribution is 2.50. The molecule has 1 saturated heterocycles. The third-order valence-corrected chi connectivity index (χ3v) is 6.88. The van der Waals surface area contributed by atoms with Gasteiger partial charge >= 0.3 is 0 Å². The van der Waals surface area contributed by atoms with Crippen LogP contribution in [0.3, 0.4) is 0 Å². The van der Waals surface area contributed by atoms with E-state index in [0.29, 0.717) is 6.61 Å². The van der Waals surface area contributed by atoms with E-state index in [9.17, 15) is 0 Å². The molecule has 0 amide bonds. The number of anilines is 1. The molecular weight excluding hydrogens is 382 g/mol. The van der Waals surface area contributed by atoms with Crippen molar-refractivity contribution in [2.75, 3.05) is 25.1 Å². The number of hydrogen-bond donors (Lipinski definition) is 0. The minimum Gasteiger partial charge on any atom is -0.380 e. The molecule has 31 heavy (non-hydrogen) atoms. The number of ether oxygens (including phenoxy) is 1. The van der Waals surface area contributed by atoms with Crippen LogP contribution in [-0.4, -0.2) is 30.2 Å². The van der Waals surface area contributed by atoms with Gasteiger partial charge in [0.15, 0.2) is 0 Å². The maximum atomic E-state index is 5.14. The lowest BCUT2D eigenvalue weighted by atomic mass is 9.90. The zero-order valence-corrected chi connectivity index (χ0v) is 20.0. The molecule has 1 aromatic heterocycles. The third-order valence-electron chi connectivity index (χ3n) is 6.88. The molecule has 0 N–H and O–H groups in total. The Bertz CT molecular complexity index is 751. The average molecular weight is 424 g/mol. The molecule has 1 saturated carbocycles. The van der Waals surface area contributed by atoms with Gasteiger partial charge in [-0.15, -0.1) is 0 Å². The maximum absolute atomic E-state index is 5.14. The first-order valence-electron chi connectivity index (χ1n) is 12.4. The van der Waals surface area contributed by atoms with Crippen LogP contribution in [0.2, 0.25) is 0 Å². The molecule has 0 bridgehead atoms. The third kappa shape index (κ3) is 6.77. The minimum absolute atomic E-state index is 0.579. The van der Waals surface area contributed by atoms with Crippen molar-refractivity contribution in [3.8, 4) is 0 Å². The number of aryl methyl sites for hydroxylation is 2. The van der Waals surface area contributed by atoms with E-state index in [2.05, 4.69) is 46.1 Å². The van der Waals surface area contributed by atoms with Crippen molar-refractivity contribution in [3.05, 3.63) is 53.3 Å². The summed E-state index contributed by atoms with van der Waals surface area (Å²) >= 11 is 0. The Balaban J connectivity index is 0.00000132. The lowest BCUT2D eigenvalue weighted by Gasteiger charge is -2.32. The summed E-state index contributed by atoms with van der Waals surface area (Å²) in [5.74, 6) is 3.74. The van der Waals surface area contributed by atoms with Gasteiger partial charge < -0.3 is 9.64 Å². The molecule has 2 aliphatic rings. The first kappa shape index (κ1) is 23.7. The van der Waals surface area contributed by atoms with E-state index in [1.807, 2.05) is 26.2 Å². The van der Waals surface area contributed by atoms with Gasteiger partial charge in [0.2, 0.25) is 5.95 Å². The molecule has 2 fully saturated rings. The van der Waals surface area contributed by atoms with Crippen molar-refractivity contribution in [2.24, 2.45) is 17.8 Å². The second-order valence-electron chi connectivity index (χ2n) is 8.87. The maximum Gasteiger partial charge on any atom is 0.225 e. The van der Waals surface area contributed by atoms with Crippen molar-refractivity contribution in [2.45, 2.75) is 72.3 Å². The molecule has 0 spiro atoms. The number of methoxy groups -OCH3 is 1. The summed E-state index contributed by atoms with van der Waals surface area (Å²) in [5, 5.41) is 0. The van der Waals surface area contributed by atoms with Crippen LogP contribution >= 0.6 is 0 Å². The normalized spacial score (nSPS) is 20.8. The first-order valence-corrected chi connectivity index (χ1v) is 12.4. The fourth-order valence-electron chi connectivity index (χ4n) is 4.97. The van der Waals surface area contributed by atoms with Crippen LogP contribution < -0.4 is 4.90 Å². The standard InChI is InChI=1S/C25H35N3O.C2H6/c1-3-19-7-9-20(10-8-19)5-4-6-23-15-24(23)22-11-13-28(14-12-22)25-26-16-21(17-27-25)18-29-2;1-2/h7-10,16-17,22-24H,3-6,11-15,18H2,1-2H3;1-2H3. The Labute approximate surface area is 189 Å². The molecule has 1 aromatic carbocycles. The van der Waals surface area contributed by atoms with Crippen molar-refractivity contribution in [1.82, 2.24) is 9.97 Å². The van der Waals surface area contributed by atoms with Crippen LogP contribution in [0.15, 0.2) is 36.7 Å². The highest BCUT2D eigenvalue weighted by Gasteiger charge is 2.42. The van der Waals surface area contributed by atoms with E-state index in [0.717, 1.165) is 48.8 Å². The van der Waals surface area contributed by atoms with Crippen LogP contribution in [0.1, 0.15) is 69.6 Å². The second-order valence-corrected chi connectivity index (χ2v) is 8.87.